The molecule has 0 radical (unpaired) electrons. The molecule has 0 aliphatic heterocycles. The lowest BCUT2D eigenvalue weighted by molar-refractivity contribution is 0.516. The molecule has 3 heteroatoms. The average molecular weight is 247 g/mol. The lowest BCUT2D eigenvalue weighted by atomic mass is 10.1. The van der Waals surface area contributed by atoms with Crippen molar-refractivity contribution < 1.29 is 0 Å². The monoisotopic (exact) mass is 247 g/mol. The van der Waals surface area contributed by atoms with Gasteiger partial charge in [0.05, 0.1) is 6.07 Å². The average Bonchev–Trinajstić information content (AvgIpc) is 2.84. The third-order valence-corrected chi connectivity index (χ3v) is 3.18. The lowest BCUT2D eigenvalue weighted by Crippen LogP contribution is -2.21. The van der Waals surface area contributed by atoms with Gasteiger partial charge in [-0.3, -0.25) is 0 Å². The van der Waals surface area contributed by atoms with E-state index < -0.39 is 0 Å². The summed E-state index contributed by atoms with van der Waals surface area (Å²) >= 11 is 0. The van der Waals surface area contributed by atoms with Crippen LogP contribution < -0.4 is 5.32 Å². The number of aryl methyl sites for hydroxylation is 1. The van der Waals surface area contributed by atoms with Crippen molar-refractivity contribution in [2.45, 2.75) is 58.5 Å². The van der Waals surface area contributed by atoms with Gasteiger partial charge in [-0.05, 0) is 43.9 Å². The molecule has 1 heterocycles. The summed E-state index contributed by atoms with van der Waals surface area (Å²) in [5, 5.41) is 12.1. The number of nitrogens with zero attached hydrogens (tertiary/aromatic N) is 2. The minimum absolute atomic E-state index is 0.477. The predicted octanol–water partition coefficient (Wildman–Crippen LogP) is 3.63. The van der Waals surface area contributed by atoms with Crippen LogP contribution in [0.1, 0.15) is 57.6 Å². The highest BCUT2D eigenvalue weighted by atomic mass is 15.0. The summed E-state index contributed by atoms with van der Waals surface area (Å²) in [6.45, 7) is 6.51. The van der Waals surface area contributed by atoms with Gasteiger partial charge in [-0.15, -0.1) is 0 Å². The second-order valence-corrected chi connectivity index (χ2v) is 4.71. The van der Waals surface area contributed by atoms with Crippen molar-refractivity contribution in [3.8, 4) is 6.07 Å². The van der Waals surface area contributed by atoms with E-state index >= 15 is 0 Å². The van der Waals surface area contributed by atoms with Gasteiger partial charge < -0.3 is 9.88 Å². The van der Waals surface area contributed by atoms with Crippen molar-refractivity contribution in [3.63, 3.8) is 0 Å². The van der Waals surface area contributed by atoms with E-state index in [0.717, 1.165) is 32.4 Å². The van der Waals surface area contributed by atoms with Crippen LogP contribution in [0.5, 0.6) is 0 Å². The highest BCUT2D eigenvalue weighted by molar-refractivity contribution is 5.15. The van der Waals surface area contributed by atoms with E-state index in [1.807, 2.05) is 0 Å². The summed E-state index contributed by atoms with van der Waals surface area (Å²) < 4.78 is 2.24. The van der Waals surface area contributed by atoms with Crippen molar-refractivity contribution in [1.29, 1.82) is 5.26 Å². The fourth-order valence-electron chi connectivity index (χ4n) is 2.12. The maximum atomic E-state index is 8.49. The van der Waals surface area contributed by atoms with E-state index in [4.69, 9.17) is 5.26 Å². The molecule has 18 heavy (non-hydrogen) atoms. The van der Waals surface area contributed by atoms with Gasteiger partial charge >= 0.3 is 0 Å². The molecular weight excluding hydrogens is 222 g/mol. The standard InChI is InChI=1S/C15H25N3/c1-3-10-17-15(4-2)14-8-12-18(13-14)11-7-5-6-9-16/h8,12-13,15,17H,3-7,10-11H2,1-2H3. The second kappa shape index (κ2) is 8.77. The van der Waals surface area contributed by atoms with E-state index in [0.29, 0.717) is 12.5 Å². The maximum absolute atomic E-state index is 8.49. The maximum Gasteiger partial charge on any atom is 0.0621 e. The van der Waals surface area contributed by atoms with Crippen LogP contribution in [-0.4, -0.2) is 11.1 Å². The Balaban J connectivity index is 2.43. The normalized spacial score (nSPS) is 12.3. The highest BCUT2D eigenvalue weighted by Crippen LogP contribution is 2.17. The summed E-state index contributed by atoms with van der Waals surface area (Å²) in [6.07, 6.45) is 9.44. The van der Waals surface area contributed by atoms with Crippen molar-refractivity contribution in [3.05, 3.63) is 24.0 Å². The zero-order chi connectivity index (χ0) is 13.2. The summed E-state index contributed by atoms with van der Waals surface area (Å²) in [5.41, 5.74) is 1.38. The zero-order valence-corrected chi connectivity index (χ0v) is 11.7. The Kier molecular flexibility index (Phi) is 7.20. The molecule has 3 nitrogen and oxygen atoms in total. The summed E-state index contributed by atoms with van der Waals surface area (Å²) in [6, 6.07) is 4.88. The van der Waals surface area contributed by atoms with Crippen LogP contribution in [0.4, 0.5) is 0 Å². The number of unbranched alkanes of at least 4 members (excludes halogenated alkanes) is 2. The minimum atomic E-state index is 0.477. The summed E-state index contributed by atoms with van der Waals surface area (Å²) in [7, 11) is 0. The van der Waals surface area contributed by atoms with Crippen LogP contribution in [0, 0.1) is 11.3 Å². The predicted molar refractivity (Wildman–Crippen MR) is 75.2 cm³/mol. The van der Waals surface area contributed by atoms with Gasteiger partial charge in [-0.1, -0.05) is 13.8 Å². The molecule has 1 aromatic heterocycles. The number of nitrogens with one attached hydrogen (secondary N) is 1. The second-order valence-electron chi connectivity index (χ2n) is 4.71. The molecule has 1 atom stereocenters. The Morgan fingerprint density at radius 3 is 2.89 bits per heavy atom. The molecule has 100 valence electrons. The largest absolute Gasteiger partial charge is 0.354 e. The fraction of sp³-hybridized carbons (Fsp3) is 0.667. The van der Waals surface area contributed by atoms with E-state index in [1.165, 1.54) is 12.0 Å². The fourth-order valence-corrected chi connectivity index (χ4v) is 2.12. The van der Waals surface area contributed by atoms with Crippen molar-refractivity contribution in [2.24, 2.45) is 0 Å². The van der Waals surface area contributed by atoms with E-state index in [9.17, 15) is 0 Å². The number of aromatic nitrogens is 1. The Bertz CT molecular complexity index is 362. The topological polar surface area (TPSA) is 40.8 Å². The Morgan fingerprint density at radius 1 is 1.39 bits per heavy atom. The molecule has 0 saturated carbocycles. The van der Waals surface area contributed by atoms with Crippen LogP contribution in [0.2, 0.25) is 0 Å². The quantitative estimate of drug-likeness (QED) is 0.677. The first-order valence-electron chi connectivity index (χ1n) is 7.07. The Morgan fingerprint density at radius 2 is 2.22 bits per heavy atom. The third-order valence-electron chi connectivity index (χ3n) is 3.18. The van der Waals surface area contributed by atoms with Crippen LogP contribution in [0.25, 0.3) is 0 Å². The van der Waals surface area contributed by atoms with Crippen molar-refractivity contribution in [1.82, 2.24) is 9.88 Å². The Hall–Kier alpha value is -1.27. The first-order valence-corrected chi connectivity index (χ1v) is 7.07. The van der Waals surface area contributed by atoms with E-state index in [2.05, 4.69) is 48.3 Å². The van der Waals surface area contributed by atoms with Gasteiger partial charge in [0.15, 0.2) is 0 Å². The number of nitriles is 1. The molecule has 0 amide bonds. The molecule has 0 aliphatic rings. The van der Waals surface area contributed by atoms with Gasteiger partial charge in [0.1, 0.15) is 0 Å². The molecular formula is C15H25N3. The molecule has 0 fully saturated rings. The molecule has 1 aromatic rings. The van der Waals surface area contributed by atoms with E-state index in [-0.39, 0.29) is 0 Å². The zero-order valence-electron chi connectivity index (χ0n) is 11.7. The highest BCUT2D eigenvalue weighted by Gasteiger charge is 2.09. The summed E-state index contributed by atoms with van der Waals surface area (Å²) in [4.78, 5) is 0. The van der Waals surface area contributed by atoms with Crippen LogP contribution in [0.3, 0.4) is 0 Å². The van der Waals surface area contributed by atoms with Gasteiger partial charge in [0, 0.05) is 31.4 Å². The lowest BCUT2D eigenvalue weighted by Gasteiger charge is -2.15. The molecule has 0 bridgehead atoms. The molecule has 0 aromatic carbocycles. The molecule has 0 aliphatic carbocycles. The minimum Gasteiger partial charge on any atom is -0.354 e. The number of rotatable bonds is 9. The van der Waals surface area contributed by atoms with Crippen LogP contribution >= 0.6 is 0 Å². The van der Waals surface area contributed by atoms with Gasteiger partial charge in [0.25, 0.3) is 0 Å². The first kappa shape index (κ1) is 14.8. The van der Waals surface area contributed by atoms with Crippen LogP contribution in [-0.2, 0) is 6.54 Å². The van der Waals surface area contributed by atoms with Gasteiger partial charge in [-0.25, -0.2) is 0 Å². The van der Waals surface area contributed by atoms with Crippen LogP contribution in [0.15, 0.2) is 18.5 Å². The number of hydrogen-bond donors (Lipinski definition) is 1. The molecule has 0 spiro atoms. The molecule has 1 unspecified atom stereocenters. The van der Waals surface area contributed by atoms with Gasteiger partial charge in [0.2, 0.25) is 0 Å². The molecule has 1 rings (SSSR count). The SMILES string of the molecule is CCCNC(CC)c1ccn(CCCCC#N)c1. The third kappa shape index (κ3) is 4.93. The first-order chi connectivity index (χ1) is 8.81. The van der Waals surface area contributed by atoms with Gasteiger partial charge in [-0.2, -0.15) is 5.26 Å². The van der Waals surface area contributed by atoms with Crippen molar-refractivity contribution in [2.75, 3.05) is 6.54 Å². The van der Waals surface area contributed by atoms with Crippen molar-refractivity contribution >= 4 is 0 Å². The summed E-state index contributed by atoms with van der Waals surface area (Å²) in [5.74, 6) is 0. The smallest absolute Gasteiger partial charge is 0.0621 e. The molecule has 0 saturated heterocycles. The number of hydrogen-bond acceptors (Lipinski definition) is 2. The van der Waals surface area contributed by atoms with E-state index in [1.54, 1.807) is 0 Å². The molecule has 1 N–H and O–H groups in total. The Labute approximate surface area is 111 Å².